The van der Waals surface area contributed by atoms with Crippen LogP contribution in [0.4, 0.5) is 0 Å². The van der Waals surface area contributed by atoms with Crippen LogP contribution in [0.3, 0.4) is 0 Å². The van der Waals surface area contributed by atoms with Gasteiger partial charge in [0, 0.05) is 5.92 Å². The molecule has 2 aliphatic rings. The highest BCUT2D eigenvalue weighted by Crippen LogP contribution is 2.60. The molecule has 0 heterocycles. The Hall–Kier alpha value is -1.89. The van der Waals surface area contributed by atoms with Gasteiger partial charge in [-0.15, -0.1) is 0 Å². The lowest BCUT2D eigenvalue weighted by atomic mass is 9.48. The largest absolute Gasteiger partial charge is 0.298 e. The number of fused-ring (bicyclic) bond motifs is 1. The second kappa shape index (κ2) is 4.31. The van der Waals surface area contributed by atoms with Gasteiger partial charge in [-0.05, 0) is 29.9 Å². The molecule has 1 heteroatoms. The zero-order valence-electron chi connectivity index (χ0n) is 11.5. The van der Waals surface area contributed by atoms with Crippen LogP contribution in [-0.2, 0) is 10.2 Å². The van der Waals surface area contributed by atoms with Crippen molar-refractivity contribution >= 4 is 5.78 Å². The van der Waals surface area contributed by atoms with Crippen molar-refractivity contribution in [3.05, 3.63) is 71.8 Å². The molecule has 0 spiro atoms. The summed E-state index contributed by atoms with van der Waals surface area (Å²) in [4.78, 5) is 13.0. The van der Waals surface area contributed by atoms with Crippen LogP contribution in [0.2, 0.25) is 0 Å². The van der Waals surface area contributed by atoms with E-state index in [0.717, 1.165) is 6.42 Å². The predicted octanol–water partition coefficient (Wildman–Crippen LogP) is 3.97. The Morgan fingerprint density at radius 3 is 1.90 bits per heavy atom. The summed E-state index contributed by atoms with van der Waals surface area (Å²) in [7, 11) is 0. The number of hydrogen-bond donors (Lipinski definition) is 0. The van der Waals surface area contributed by atoms with E-state index in [0.29, 0.717) is 17.6 Å². The Balaban J connectivity index is 1.93. The van der Waals surface area contributed by atoms with E-state index in [9.17, 15) is 4.79 Å². The number of ketones is 1. The molecule has 0 unspecified atom stereocenters. The molecule has 4 rings (SSSR count). The number of carbonyl (C=O) groups is 1. The smallest absolute Gasteiger partial charge is 0.151 e. The number of rotatable bonds is 2. The molecule has 100 valence electrons. The molecule has 0 radical (unpaired) electrons. The highest BCUT2D eigenvalue weighted by molar-refractivity contribution is 6.02. The SMILES string of the molecule is O=C1[C@@H]2CCC[C@H]2C1(c1ccccc1)c1ccccc1. The van der Waals surface area contributed by atoms with Gasteiger partial charge in [-0.2, -0.15) is 0 Å². The molecule has 0 aliphatic heterocycles. The summed E-state index contributed by atoms with van der Waals surface area (Å²) < 4.78 is 0. The third kappa shape index (κ3) is 1.35. The van der Waals surface area contributed by atoms with Gasteiger partial charge in [0.1, 0.15) is 0 Å². The van der Waals surface area contributed by atoms with Crippen molar-refractivity contribution in [2.75, 3.05) is 0 Å². The maximum atomic E-state index is 13.0. The average molecular weight is 262 g/mol. The van der Waals surface area contributed by atoms with E-state index >= 15 is 0 Å². The molecule has 0 N–H and O–H groups in total. The Morgan fingerprint density at radius 2 is 1.35 bits per heavy atom. The molecule has 0 amide bonds. The lowest BCUT2D eigenvalue weighted by Gasteiger charge is -2.51. The molecule has 0 aromatic heterocycles. The van der Waals surface area contributed by atoms with Crippen LogP contribution in [0.5, 0.6) is 0 Å². The molecule has 20 heavy (non-hydrogen) atoms. The van der Waals surface area contributed by atoms with E-state index in [1.807, 2.05) is 12.1 Å². The highest BCUT2D eigenvalue weighted by atomic mass is 16.1. The van der Waals surface area contributed by atoms with Gasteiger partial charge in [-0.3, -0.25) is 4.79 Å². The molecule has 0 saturated heterocycles. The van der Waals surface area contributed by atoms with Crippen molar-refractivity contribution in [3.63, 3.8) is 0 Å². The van der Waals surface area contributed by atoms with Crippen LogP contribution >= 0.6 is 0 Å². The second-order valence-corrected chi connectivity index (χ2v) is 6.05. The van der Waals surface area contributed by atoms with E-state index in [4.69, 9.17) is 0 Å². The Labute approximate surface area is 119 Å². The monoisotopic (exact) mass is 262 g/mol. The molecule has 0 bridgehead atoms. The van der Waals surface area contributed by atoms with Crippen molar-refractivity contribution in [3.8, 4) is 0 Å². The van der Waals surface area contributed by atoms with Crippen LogP contribution < -0.4 is 0 Å². The number of hydrogen-bond acceptors (Lipinski definition) is 1. The lowest BCUT2D eigenvalue weighted by Crippen LogP contribution is -2.59. The minimum Gasteiger partial charge on any atom is -0.298 e. The fraction of sp³-hybridized carbons (Fsp3) is 0.316. The first-order chi connectivity index (χ1) is 9.85. The van der Waals surface area contributed by atoms with Crippen LogP contribution in [0.25, 0.3) is 0 Å². The molecule has 2 atom stereocenters. The maximum Gasteiger partial charge on any atom is 0.151 e. The first-order valence-electron chi connectivity index (χ1n) is 7.50. The van der Waals surface area contributed by atoms with Gasteiger partial charge in [0.05, 0.1) is 5.41 Å². The van der Waals surface area contributed by atoms with E-state index in [2.05, 4.69) is 48.5 Å². The van der Waals surface area contributed by atoms with E-state index in [-0.39, 0.29) is 5.41 Å². The Kier molecular flexibility index (Phi) is 2.56. The average Bonchev–Trinajstić information content (AvgIpc) is 2.95. The zero-order valence-corrected chi connectivity index (χ0v) is 11.5. The van der Waals surface area contributed by atoms with Gasteiger partial charge in [0.2, 0.25) is 0 Å². The first kappa shape index (κ1) is 11.9. The van der Waals surface area contributed by atoms with Crippen LogP contribution in [0, 0.1) is 11.8 Å². The van der Waals surface area contributed by atoms with Crippen LogP contribution in [0.15, 0.2) is 60.7 Å². The summed E-state index contributed by atoms with van der Waals surface area (Å²) in [6.07, 6.45) is 3.47. The number of Topliss-reactive ketones (excluding diaryl/α,β-unsaturated/α-hetero) is 1. The summed E-state index contributed by atoms with van der Waals surface area (Å²) >= 11 is 0. The summed E-state index contributed by atoms with van der Waals surface area (Å²) in [5.74, 6) is 1.24. The van der Waals surface area contributed by atoms with Gasteiger partial charge in [-0.25, -0.2) is 0 Å². The maximum absolute atomic E-state index is 13.0. The van der Waals surface area contributed by atoms with Crippen molar-refractivity contribution in [1.29, 1.82) is 0 Å². The predicted molar refractivity (Wildman–Crippen MR) is 79.5 cm³/mol. The molecule has 2 saturated carbocycles. The normalized spacial score (nSPS) is 26.9. The third-order valence-corrected chi connectivity index (χ3v) is 5.26. The summed E-state index contributed by atoms with van der Waals surface area (Å²) in [5, 5.41) is 0. The number of carbonyl (C=O) groups excluding carboxylic acids is 1. The van der Waals surface area contributed by atoms with Gasteiger partial charge in [0.15, 0.2) is 5.78 Å². The quantitative estimate of drug-likeness (QED) is 0.800. The van der Waals surface area contributed by atoms with E-state index < -0.39 is 0 Å². The topological polar surface area (TPSA) is 17.1 Å². The minimum atomic E-state index is -0.371. The van der Waals surface area contributed by atoms with E-state index in [1.54, 1.807) is 0 Å². The van der Waals surface area contributed by atoms with Crippen molar-refractivity contribution in [1.82, 2.24) is 0 Å². The second-order valence-electron chi connectivity index (χ2n) is 6.05. The first-order valence-corrected chi connectivity index (χ1v) is 7.50. The van der Waals surface area contributed by atoms with Gasteiger partial charge in [0.25, 0.3) is 0 Å². The third-order valence-electron chi connectivity index (χ3n) is 5.26. The van der Waals surface area contributed by atoms with Gasteiger partial charge >= 0.3 is 0 Å². The Morgan fingerprint density at radius 1 is 0.800 bits per heavy atom. The van der Waals surface area contributed by atoms with Crippen molar-refractivity contribution < 1.29 is 4.79 Å². The highest BCUT2D eigenvalue weighted by Gasteiger charge is 2.64. The number of benzene rings is 2. The standard InChI is InChI=1S/C19H18O/c20-18-16-12-7-13-17(16)19(18,14-8-3-1-4-9-14)15-10-5-2-6-11-15/h1-6,8-11,16-17H,7,12-13H2/t16-,17-/m1/s1. The Bertz CT molecular complexity index is 590. The van der Waals surface area contributed by atoms with Crippen molar-refractivity contribution in [2.24, 2.45) is 11.8 Å². The van der Waals surface area contributed by atoms with Crippen molar-refractivity contribution in [2.45, 2.75) is 24.7 Å². The summed E-state index contributed by atoms with van der Waals surface area (Å²) in [6, 6.07) is 20.8. The molecule has 2 aliphatic carbocycles. The molecule has 1 nitrogen and oxygen atoms in total. The summed E-state index contributed by atoms with van der Waals surface area (Å²) in [6.45, 7) is 0. The van der Waals surface area contributed by atoms with E-state index in [1.165, 1.54) is 24.0 Å². The summed E-state index contributed by atoms with van der Waals surface area (Å²) in [5.41, 5.74) is 1.99. The van der Waals surface area contributed by atoms with Gasteiger partial charge in [-0.1, -0.05) is 67.1 Å². The fourth-order valence-corrected chi connectivity index (χ4v) is 4.45. The molecular weight excluding hydrogens is 244 g/mol. The van der Waals surface area contributed by atoms with Crippen LogP contribution in [0.1, 0.15) is 30.4 Å². The zero-order chi connectivity index (χ0) is 13.6. The molecule has 2 aromatic carbocycles. The van der Waals surface area contributed by atoms with Crippen LogP contribution in [-0.4, -0.2) is 5.78 Å². The lowest BCUT2D eigenvalue weighted by molar-refractivity contribution is -0.141. The molecular formula is C19H18O. The fourth-order valence-electron chi connectivity index (χ4n) is 4.45. The minimum absolute atomic E-state index is 0.301. The molecule has 2 fully saturated rings. The molecule has 2 aromatic rings. The van der Waals surface area contributed by atoms with Gasteiger partial charge < -0.3 is 0 Å².